The summed E-state index contributed by atoms with van der Waals surface area (Å²) in [5.74, 6) is -1.14. The zero-order chi connectivity index (χ0) is 17.7. The lowest BCUT2D eigenvalue weighted by atomic mass is 10.1. The number of hydrogen-bond acceptors (Lipinski definition) is 2. The number of anilines is 1. The summed E-state index contributed by atoms with van der Waals surface area (Å²) in [7, 11) is 0. The van der Waals surface area contributed by atoms with Gasteiger partial charge in [-0.1, -0.05) is 30.3 Å². The molecular weight excluding hydrogens is 321 g/mol. The van der Waals surface area contributed by atoms with Crippen LogP contribution < -0.4 is 10.6 Å². The molecule has 0 saturated carbocycles. The molecule has 1 atom stereocenters. The fourth-order valence-corrected chi connectivity index (χ4v) is 2.12. The summed E-state index contributed by atoms with van der Waals surface area (Å²) in [6, 6.07) is 10.6. The highest BCUT2D eigenvalue weighted by molar-refractivity contribution is 5.95. The van der Waals surface area contributed by atoms with Crippen LogP contribution in [0.4, 0.5) is 18.9 Å². The smallest absolute Gasteiger partial charge is 0.337 e. The standard InChI is InChI=1S/C17H15F3N2O2/c1-11(23)21-14-9-7-13(8-10-14)16(24)22-15(17(18,19)20)12-5-3-2-4-6-12/h2-10,15H,1H3,(H,21,23)(H,22,24)/t15-/m0/s1. The van der Waals surface area contributed by atoms with Gasteiger partial charge in [0.1, 0.15) is 0 Å². The summed E-state index contributed by atoms with van der Waals surface area (Å²) in [5.41, 5.74) is 0.469. The van der Waals surface area contributed by atoms with Gasteiger partial charge in [0.15, 0.2) is 6.04 Å². The summed E-state index contributed by atoms with van der Waals surface area (Å²) >= 11 is 0. The van der Waals surface area contributed by atoms with Crippen LogP contribution in [0.5, 0.6) is 0 Å². The predicted molar refractivity (Wildman–Crippen MR) is 83.4 cm³/mol. The van der Waals surface area contributed by atoms with E-state index in [2.05, 4.69) is 5.32 Å². The Bertz CT molecular complexity index is 713. The molecule has 0 unspecified atom stereocenters. The maximum atomic E-state index is 13.2. The Morgan fingerprint density at radius 2 is 1.54 bits per heavy atom. The molecule has 2 amide bonds. The number of benzene rings is 2. The molecule has 0 aliphatic heterocycles. The van der Waals surface area contributed by atoms with E-state index in [-0.39, 0.29) is 17.0 Å². The van der Waals surface area contributed by atoms with Crippen LogP contribution in [0.25, 0.3) is 0 Å². The van der Waals surface area contributed by atoms with Gasteiger partial charge in [-0.15, -0.1) is 0 Å². The Balaban J connectivity index is 2.17. The van der Waals surface area contributed by atoms with Crippen LogP contribution in [0.3, 0.4) is 0 Å². The Hall–Kier alpha value is -2.83. The number of amides is 2. The Morgan fingerprint density at radius 1 is 0.958 bits per heavy atom. The highest BCUT2D eigenvalue weighted by Crippen LogP contribution is 2.32. The van der Waals surface area contributed by atoms with Gasteiger partial charge in [-0.2, -0.15) is 13.2 Å². The third-order valence-electron chi connectivity index (χ3n) is 3.20. The van der Waals surface area contributed by atoms with E-state index in [4.69, 9.17) is 0 Å². The zero-order valence-corrected chi connectivity index (χ0v) is 12.7. The highest BCUT2D eigenvalue weighted by atomic mass is 19.4. The molecule has 24 heavy (non-hydrogen) atoms. The van der Waals surface area contributed by atoms with Crippen LogP contribution in [0.15, 0.2) is 54.6 Å². The van der Waals surface area contributed by atoms with E-state index in [1.165, 1.54) is 55.5 Å². The van der Waals surface area contributed by atoms with Gasteiger partial charge in [0, 0.05) is 18.2 Å². The number of nitrogens with one attached hydrogen (secondary N) is 2. The van der Waals surface area contributed by atoms with E-state index in [9.17, 15) is 22.8 Å². The van der Waals surface area contributed by atoms with Crippen molar-refractivity contribution in [2.24, 2.45) is 0 Å². The number of alkyl halides is 3. The molecule has 2 aromatic rings. The molecule has 7 heteroatoms. The van der Waals surface area contributed by atoms with E-state index < -0.39 is 18.1 Å². The fraction of sp³-hybridized carbons (Fsp3) is 0.176. The van der Waals surface area contributed by atoms with Gasteiger partial charge < -0.3 is 10.6 Å². The number of carbonyl (C=O) groups is 2. The first-order chi connectivity index (χ1) is 11.3. The van der Waals surface area contributed by atoms with E-state index in [0.29, 0.717) is 5.69 Å². The summed E-state index contributed by atoms with van der Waals surface area (Å²) < 4.78 is 39.7. The van der Waals surface area contributed by atoms with Crippen molar-refractivity contribution in [3.63, 3.8) is 0 Å². The largest absolute Gasteiger partial charge is 0.412 e. The SMILES string of the molecule is CC(=O)Nc1ccc(C(=O)N[C@@H](c2ccccc2)C(F)(F)F)cc1. The van der Waals surface area contributed by atoms with Gasteiger partial charge in [0.05, 0.1) is 0 Å². The lowest BCUT2D eigenvalue weighted by molar-refractivity contribution is -0.155. The van der Waals surface area contributed by atoms with E-state index in [0.717, 1.165) is 0 Å². The quantitative estimate of drug-likeness (QED) is 0.895. The lowest BCUT2D eigenvalue weighted by Gasteiger charge is -2.22. The average molecular weight is 336 g/mol. The number of rotatable bonds is 4. The average Bonchev–Trinajstić information content (AvgIpc) is 2.52. The summed E-state index contributed by atoms with van der Waals surface area (Å²) in [5, 5.41) is 4.51. The molecule has 0 bridgehead atoms. The first kappa shape index (κ1) is 17.5. The molecule has 2 aromatic carbocycles. The molecule has 2 N–H and O–H groups in total. The maximum absolute atomic E-state index is 13.2. The molecule has 0 aliphatic rings. The zero-order valence-electron chi connectivity index (χ0n) is 12.7. The van der Waals surface area contributed by atoms with Crippen molar-refractivity contribution in [3.8, 4) is 0 Å². The van der Waals surface area contributed by atoms with Crippen molar-refractivity contribution in [1.29, 1.82) is 0 Å². The first-order valence-corrected chi connectivity index (χ1v) is 7.07. The molecule has 126 valence electrons. The van der Waals surface area contributed by atoms with Crippen molar-refractivity contribution < 1.29 is 22.8 Å². The van der Waals surface area contributed by atoms with Gasteiger partial charge in [-0.05, 0) is 29.8 Å². The highest BCUT2D eigenvalue weighted by Gasteiger charge is 2.41. The van der Waals surface area contributed by atoms with E-state index >= 15 is 0 Å². The molecule has 0 saturated heterocycles. The third kappa shape index (κ3) is 4.58. The number of carbonyl (C=O) groups excluding carboxylic acids is 2. The molecule has 4 nitrogen and oxygen atoms in total. The maximum Gasteiger partial charge on any atom is 0.412 e. The van der Waals surface area contributed by atoms with Crippen LogP contribution in [0.2, 0.25) is 0 Å². The predicted octanol–water partition coefficient (Wildman–Crippen LogP) is 3.68. The van der Waals surface area contributed by atoms with Crippen LogP contribution in [-0.2, 0) is 4.79 Å². The monoisotopic (exact) mass is 336 g/mol. The molecule has 0 fully saturated rings. The summed E-state index contributed by atoms with van der Waals surface area (Å²) in [6.07, 6.45) is -4.62. The molecule has 0 radical (unpaired) electrons. The number of hydrogen-bond donors (Lipinski definition) is 2. The van der Waals surface area contributed by atoms with Crippen LogP contribution in [0, 0.1) is 0 Å². The normalized spacial score (nSPS) is 12.3. The second kappa shape index (κ2) is 7.16. The van der Waals surface area contributed by atoms with Crippen LogP contribution in [0.1, 0.15) is 28.9 Å². The van der Waals surface area contributed by atoms with E-state index in [1.807, 2.05) is 5.32 Å². The Morgan fingerprint density at radius 3 is 2.04 bits per heavy atom. The summed E-state index contributed by atoms with van der Waals surface area (Å²) in [6.45, 7) is 1.33. The van der Waals surface area contributed by atoms with Gasteiger partial charge in [0.25, 0.3) is 5.91 Å². The van der Waals surface area contributed by atoms with Crippen molar-refractivity contribution in [3.05, 3.63) is 65.7 Å². The van der Waals surface area contributed by atoms with Gasteiger partial charge in [-0.3, -0.25) is 9.59 Å². The molecule has 0 aliphatic carbocycles. The van der Waals surface area contributed by atoms with Crippen molar-refractivity contribution >= 4 is 17.5 Å². The minimum Gasteiger partial charge on any atom is -0.337 e. The Labute approximate surface area is 136 Å². The topological polar surface area (TPSA) is 58.2 Å². The third-order valence-corrected chi connectivity index (χ3v) is 3.20. The molecule has 2 rings (SSSR count). The van der Waals surface area contributed by atoms with E-state index in [1.54, 1.807) is 6.07 Å². The second-order valence-corrected chi connectivity index (χ2v) is 5.12. The van der Waals surface area contributed by atoms with Crippen molar-refractivity contribution in [1.82, 2.24) is 5.32 Å². The molecule has 0 spiro atoms. The summed E-state index contributed by atoms with van der Waals surface area (Å²) in [4.78, 5) is 23.0. The number of halogens is 3. The molecule has 0 heterocycles. The van der Waals surface area contributed by atoms with Crippen molar-refractivity contribution in [2.45, 2.75) is 19.1 Å². The van der Waals surface area contributed by atoms with Gasteiger partial charge in [-0.25, -0.2) is 0 Å². The fourth-order valence-electron chi connectivity index (χ4n) is 2.12. The minimum atomic E-state index is -4.62. The lowest BCUT2D eigenvalue weighted by Crippen LogP contribution is -2.38. The molecular formula is C17H15F3N2O2. The van der Waals surface area contributed by atoms with Crippen LogP contribution >= 0.6 is 0 Å². The second-order valence-electron chi connectivity index (χ2n) is 5.12. The minimum absolute atomic E-state index is 0.0479. The first-order valence-electron chi connectivity index (χ1n) is 7.07. The van der Waals surface area contributed by atoms with Crippen LogP contribution in [-0.4, -0.2) is 18.0 Å². The van der Waals surface area contributed by atoms with Gasteiger partial charge >= 0.3 is 6.18 Å². The van der Waals surface area contributed by atoms with Crippen molar-refractivity contribution in [2.75, 3.05) is 5.32 Å². The molecule has 0 aromatic heterocycles. The Kier molecular flexibility index (Phi) is 5.23. The van der Waals surface area contributed by atoms with Gasteiger partial charge in [0.2, 0.25) is 5.91 Å².